The first kappa shape index (κ1) is 25.3. The molecule has 0 heterocycles. The Morgan fingerprint density at radius 2 is 1.00 bits per heavy atom. The summed E-state index contributed by atoms with van der Waals surface area (Å²) < 4.78 is 0. The lowest BCUT2D eigenvalue weighted by molar-refractivity contribution is 0.462. The number of hydrogen-bond acceptors (Lipinski definition) is 2. The molecule has 0 aliphatic carbocycles. The van der Waals surface area contributed by atoms with Gasteiger partial charge in [-0.3, -0.25) is 0 Å². The first-order chi connectivity index (χ1) is 14.8. The summed E-state index contributed by atoms with van der Waals surface area (Å²) in [6.07, 6.45) is 12.7. The van der Waals surface area contributed by atoms with Crippen LogP contribution in [0, 0.1) is 11.8 Å². The van der Waals surface area contributed by atoms with Crippen LogP contribution < -0.4 is 0 Å². The molecular formula is C29H44O2. The molecule has 0 amide bonds. The maximum atomic E-state index is 10.4. The van der Waals surface area contributed by atoms with E-state index in [1.165, 1.54) is 62.5 Å². The van der Waals surface area contributed by atoms with E-state index in [0.29, 0.717) is 17.9 Å². The van der Waals surface area contributed by atoms with Gasteiger partial charge in [-0.25, -0.2) is 0 Å². The van der Waals surface area contributed by atoms with Crippen molar-refractivity contribution in [2.45, 2.75) is 98.3 Å². The fourth-order valence-corrected chi connectivity index (χ4v) is 4.19. The van der Waals surface area contributed by atoms with Gasteiger partial charge in [-0.2, -0.15) is 0 Å². The second-order valence-electron chi connectivity index (χ2n) is 10.1. The molecule has 0 saturated heterocycles. The lowest BCUT2D eigenvalue weighted by Crippen LogP contribution is -1.96. The number of phenolic OH excluding ortho intramolecular Hbond substituents is 2. The van der Waals surface area contributed by atoms with Gasteiger partial charge >= 0.3 is 0 Å². The normalized spacial score (nSPS) is 11.5. The molecular weight excluding hydrogens is 380 g/mol. The van der Waals surface area contributed by atoms with Crippen molar-refractivity contribution in [1.29, 1.82) is 0 Å². The number of aromatic hydroxyl groups is 2. The zero-order valence-electron chi connectivity index (χ0n) is 20.3. The van der Waals surface area contributed by atoms with Gasteiger partial charge in [-0.05, 0) is 71.9 Å². The molecule has 0 fully saturated rings. The SMILES string of the molecule is CC(C)CCCCCc1ccc(O)c(Cc2cc(CCCCCC(C)C)ccc2O)c1. The van der Waals surface area contributed by atoms with Crippen LogP contribution in [0.25, 0.3) is 0 Å². The fraction of sp³-hybridized carbons (Fsp3) is 0.586. The standard InChI is InChI=1S/C29H44O2/c1-22(2)11-7-5-9-13-24-15-17-28(30)26(19-24)21-27-20-25(16-18-29(27)31)14-10-6-8-12-23(3)4/h15-20,22-23,30-31H,5-14,21H2,1-4H3. The second kappa shape index (κ2) is 13.5. The van der Waals surface area contributed by atoms with Gasteiger partial charge in [0, 0.05) is 6.42 Å². The Morgan fingerprint density at radius 1 is 0.581 bits per heavy atom. The van der Waals surface area contributed by atoms with Gasteiger partial charge in [-0.15, -0.1) is 0 Å². The van der Waals surface area contributed by atoms with Crippen LogP contribution in [0.5, 0.6) is 11.5 Å². The molecule has 0 aliphatic heterocycles. The number of benzene rings is 2. The predicted octanol–water partition coefficient (Wildman–Crippen LogP) is 8.21. The Bertz CT molecular complexity index is 711. The molecule has 172 valence electrons. The van der Waals surface area contributed by atoms with E-state index < -0.39 is 0 Å². The summed E-state index contributed by atoms with van der Waals surface area (Å²) in [7, 11) is 0. The van der Waals surface area contributed by atoms with E-state index in [9.17, 15) is 10.2 Å². The molecule has 31 heavy (non-hydrogen) atoms. The molecule has 2 heteroatoms. The second-order valence-corrected chi connectivity index (χ2v) is 10.1. The molecule has 2 nitrogen and oxygen atoms in total. The molecule has 0 radical (unpaired) electrons. The number of rotatable bonds is 14. The quantitative estimate of drug-likeness (QED) is 0.300. The zero-order valence-corrected chi connectivity index (χ0v) is 20.3. The van der Waals surface area contributed by atoms with Crippen LogP contribution in [0.3, 0.4) is 0 Å². The van der Waals surface area contributed by atoms with Crippen LogP contribution in [0.2, 0.25) is 0 Å². The molecule has 2 aromatic carbocycles. The summed E-state index contributed by atoms with van der Waals surface area (Å²) in [6.45, 7) is 9.13. The third-order valence-electron chi connectivity index (χ3n) is 6.16. The van der Waals surface area contributed by atoms with Gasteiger partial charge in [0.1, 0.15) is 11.5 Å². The van der Waals surface area contributed by atoms with E-state index in [2.05, 4.69) is 39.8 Å². The lowest BCUT2D eigenvalue weighted by Gasteiger charge is -2.12. The minimum absolute atomic E-state index is 0.321. The number of unbranched alkanes of at least 4 members (excludes halogenated alkanes) is 4. The van der Waals surface area contributed by atoms with E-state index in [4.69, 9.17) is 0 Å². The van der Waals surface area contributed by atoms with E-state index in [1.807, 2.05) is 24.3 Å². The van der Waals surface area contributed by atoms with Crippen LogP contribution in [-0.2, 0) is 19.3 Å². The molecule has 0 aromatic heterocycles. The van der Waals surface area contributed by atoms with E-state index in [0.717, 1.165) is 35.8 Å². The highest BCUT2D eigenvalue weighted by Gasteiger charge is 2.09. The largest absolute Gasteiger partial charge is 0.508 e. The van der Waals surface area contributed by atoms with E-state index in [1.54, 1.807) is 0 Å². The molecule has 0 aliphatic rings. The van der Waals surface area contributed by atoms with Crippen molar-refractivity contribution in [2.75, 3.05) is 0 Å². The van der Waals surface area contributed by atoms with Gasteiger partial charge in [0.2, 0.25) is 0 Å². The Labute approximate surface area is 190 Å². The first-order valence-corrected chi connectivity index (χ1v) is 12.5. The van der Waals surface area contributed by atoms with Crippen molar-refractivity contribution < 1.29 is 10.2 Å². The van der Waals surface area contributed by atoms with Crippen molar-refractivity contribution in [3.63, 3.8) is 0 Å². The molecule has 2 rings (SSSR count). The van der Waals surface area contributed by atoms with Crippen LogP contribution in [-0.4, -0.2) is 10.2 Å². The Hall–Kier alpha value is -1.96. The molecule has 0 bridgehead atoms. The highest BCUT2D eigenvalue weighted by molar-refractivity contribution is 5.44. The van der Waals surface area contributed by atoms with Gasteiger partial charge in [0.15, 0.2) is 0 Å². The van der Waals surface area contributed by atoms with E-state index in [-0.39, 0.29) is 0 Å². The summed E-state index contributed by atoms with van der Waals surface area (Å²) >= 11 is 0. The number of aryl methyl sites for hydroxylation is 2. The maximum Gasteiger partial charge on any atom is 0.119 e. The van der Waals surface area contributed by atoms with Crippen molar-refractivity contribution in [1.82, 2.24) is 0 Å². The van der Waals surface area contributed by atoms with Gasteiger partial charge < -0.3 is 10.2 Å². The fourth-order valence-electron chi connectivity index (χ4n) is 4.19. The van der Waals surface area contributed by atoms with Crippen LogP contribution >= 0.6 is 0 Å². The Kier molecular flexibility index (Phi) is 11.0. The van der Waals surface area contributed by atoms with Crippen molar-refractivity contribution in [2.24, 2.45) is 11.8 Å². The molecule has 0 unspecified atom stereocenters. The monoisotopic (exact) mass is 424 g/mol. The lowest BCUT2D eigenvalue weighted by atomic mass is 9.96. The van der Waals surface area contributed by atoms with Gasteiger partial charge in [0.05, 0.1) is 0 Å². The number of phenols is 2. The predicted molar refractivity (Wildman–Crippen MR) is 133 cm³/mol. The Morgan fingerprint density at radius 3 is 1.39 bits per heavy atom. The first-order valence-electron chi connectivity index (χ1n) is 12.5. The van der Waals surface area contributed by atoms with E-state index >= 15 is 0 Å². The highest BCUT2D eigenvalue weighted by atomic mass is 16.3. The minimum atomic E-state index is 0.321. The average molecular weight is 425 g/mol. The van der Waals surface area contributed by atoms with Crippen molar-refractivity contribution in [3.8, 4) is 11.5 Å². The minimum Gasteiger partial charge on any atom is -0.508 e. The molecule has 0 atom stereocenters. The van der Waals surface area contributed by atoms with Gasteiger partial charge in [0.25, 0.3) is 0 Å². The molecule has 2 aromatic rings. The third kappa shape index (κ3) is 9.80. The van der Waals surface area contributed by atoms with Crippen LogP contribution in [0.4, 0.5) is 0 Å². The average Bonchev–Trinajstić information content (AvgIpc) is 2.71. The summed E-state index contributed by atoms with van der Waals surface area (Å²) in [4.78, 5) is 0. The molecule has 2 N–H and O–H groups in total. The molecule has 0 saturated carbocycles. The maximum absolute atomic E-state index is 10.4. The third-order valence-corrected chi connectivity index (χ3v) is 6.16. The van der Waals surface area contributed by atoms with Crippen LogP contribution in [0.1, 0.15) is 101 Å². The summed E-state index contributed by atoms with van der Waals surface area (Å²) in [5.41, 5.74) is 4.37. The van der Waals surface area contributed by atoms with Crippen LogP contribution in [0.15, 0.2) is 36.4 Å². The highest BCUT2D eigenvalue weighted by Crippen LogP contribution is 2.28. The number of hydrogen-bond donors (Lipinski definition) is 2. The van der Waals surface area contributed by atoms with Crippen molar-refractivity contribution >= 4 is 0 Å². The summed E-state index contributed by atoms with van der Waals surface area (Å²) in [6, 6.07) is 11.9. The summed E-state index contributed by atoms with van der Waals surface area (Å²) in [5.74, 6) is 2.21. The Balaban J connectivity index is 1.93. The molecule has 0 spiro atoms. The topological polar surface area (TPSA) is 40.5 Å². The smallest absolute Gasteiger partial charge is 0.119 e. The van der Waals surface area contributed by atoms with Crippen molar-refractivity contribution in [3.05, 3.63) is 58.7 Å². The van der Waals surface area contributed by atoms with Gasteiger partial charge in [-0.1, -0.05) is 90.5 Å². The zero-order chi connectivity index (χ0) is 22.6. The summed E-state index contributed by atoms with van der Waals surface area (Å²) in [5, 5.41) is 20.8.